The quantitative estimate of drug-likeness (QED) is 0.912. The van der Waals surface area contributed by atoms with Crippen LogP contribution in [0.5, 0.6) is 0 Å². The van der Waals surface area contributed by atoms with Crippen LogP contribution in [-0.4, -0.2) is 50.9 Å². The summed E-state index contributed by atoms with van der Waals surface area (Å²) in [5, 5.41) is 5.35. The summed E-state index contributed by atoms with van der Waals surface area (Å²) in [4.78, 5) is 29.8. The molecule has 3 rings (SSSR count). The Bertz CT molecular complexity index is 857. The highest BCUT2D eigenvalue weighted by atomic mass is 16.5. The molecule has 1 N–H and O–H groups in total. The van der Waals surface area contributed by atoms with Crippen LogP contribution in [0.25, 0.3) is 11.0 Å². The second kappa shape index (κ2) is 6.63. The second-order valence-electron chi connectivity index (χ2n) is 7.05. The number of pyridine rings is 1. The van der Waals surface area contributed by atoms with Crippen molar-refractivity contribution >= 4 is 16.9 Å². The number of H-pyrrole nitrogens is 1. The van der Waals surface area contributed by atoms with Gasteiger partial charge in [0.1, 0.15) is 5.65 Å². The number of ether oxygens (including phenoxy) is 1. The lowest BCUT2D eigenvalue weighted by molar-refractivity contribution is -0.143. The SMILES string of the molecule is Cc1nn(C)c2[nH]c(=O)c(CCC(=O)N3C[C@@H](C)O[C@H](C)C3)c(C)c12. The molecule has 0 radical (unpaired) electrons. The maximum absolute atomic E-state index is 12.6. The number of carbonyl (C=O) groups excluding carboxylic acids is 1. The predicted molar refractivity (Wildman–Crippen MR) is 95.7 cm³/mol. The van der Waals surface area contributed by atoms with Crippen molar-refractivity contribution in [2.24, 2.45) is 7.05 Å². The van der Waals surface area contributed by atoms with Gasteiger partial charge in [0.15, 0.2) is 0 Å². The van der Waals surface area contributed by atoms with Crippen molar-refractivity contribution in [3.63, 3.8) is 0 Å². The standard InChI is InChI=1S/C18H26N4O3/c1-10-8-22(9-11(2)25-10)15(23)7-6-14-12(3)16-13(4)20-21(5)17(16)19-18(14)24/h10-11H,6-9H2,1-5H3,(H,19,24)/t10-,11-/m1/s1. The lowest BCUT2D eigenvalue weighted by Gasteiger charge is -2.35. The number of rotatable bonds is 3. The van der Waals surface area contributed by atoms with E-state index in [1.165, 1.54) is 0 Å². The Morgan fingerprint density at radius 1 is 1.28 bits per heavy atom. The summed E-state index contributed by atoms with van der Waals surface area (Å²) < 4.78 is 7.36. The van der Waals surface area contributed by atoms with Gasteiger partial charge in [0, 0.05) is 37.5 Å². The maximum atomic E-state index is 12.6. The van der Waals surface area contributed by atoms with Crippen LogP contribution in [0, 0.1) is 13.8 Å². The van der Waals surface area contributed by atoms with Gasteiger partial charge in [-0.15, -0.1) is 0 Å². The molecule has 2 atom stereocenters. The number of carbonyl (C=O) groups is 1. The molecule has 136 valence electrons. The molecule has 2 aromatic heterocycles. The molecule has 25 heavy (non-hydrogen) atoms. The van der Waals surface area contributed by atoms with Crippen LogP contribution < -0.4 is 5.56 Å². The van der Waals surface area contributed by atoms with Gasteiger partial charge in [-0.25, -0.2) is 0 Å². The normalized spacial score (nSPS) is 21.1. The third-order valence-electron chi connectivity index (χ3n) is 4.92. The fraction of sp³-hybridized carbons (Fsp3) is 0.611. The molecule has 3 heterocycles. The van der Waals surface area contributed by atoms with E-state index in [9.17, 15) is 9.59 Å². The summed E-state index contributed by atoms with van der Waals surface area (Å²) in [5.41, 5.74) is 3.07. The summed E-state index contributed by atoms with van der Waals surface area (Å²) in [5.74, 6) is 0.0730. The van der Waals surface area contributed by atoms with Gasteiger partial charge < -0.3 is 14.6 Å². The molecule has 0 aliphatic carbocycles. The Morgan fingerprint density at radius 2 is 1.92 bits per heavy atom. The minimum atomic E-state index is -0.135. The van der Waals surface area contributed by atoms with Crippen LogP contribution >= 0.6 is 0 Å². The second-order valence-corrected chi connectivity index (χ2v) is 7.05. The fourth-order valence-corrected chi connectivity index (χ4v) is 3.83. The van der Waals surface area contributed by atoms with Crippen molar-refractivity contribution in [2.45, 2.75) is 52.7 Å². The molecule has 0 bridgehead atoms. The molecule has 0 unspecified atom stereocenters. The Hall–Kier alpha value is -2.15. The molecule has 1 aliphatic rings. The first-order chi connectivity index (χ1) is 11.8. The molecular formula is C18H26N4O3. The zero-order chi connectivity index (χ0) is 18.3. The fourth-order valence-electron chi connectivity index (χ4n) is 3.83. The van der Waals surface area contributed by atoms with Crippen LogP contribution in [0.1, 0.15) is 37.1 Å². The Morgan fingerprint density at radius 3 is 2.56 bits per heavy atom. The summed E-state index contributed by atoms with van der Waals surface area (Å²) in [6.07, 6.45) is 0.859. The average molecular weight is 346 g/mol. The number of hydrogen-bond donors (Lipinski definition) is 1. The highest BCUT2D eigenvalue weighted by Crippen LogP contribution is 2.21. The Labute approximate surface area is 147 Å². The number of nitrogens with zero attached hydrogens (tertiary/aromatic N) is 3. The molecule has 0 saturated carbocycles. The van der Waals surface area contributed by atoms with Crippen molar-refractivity contribution < 1.29 is 9.53 Å². The van der Waals surface area contributed by atoms with Gasteiger partial charge in [0.05, 0.1) is 17.9 Å². The van der Waals surface area contributed by atoms with Gasteiger partial charge in [-0.05, 0) is 39.7 Å². The highest BCUT2D eigenvalue weighted by molar-refractivity contribution is 5.83. The summed E-state index contributed by atoms with van der Waals surface area (Å²) in [7, 11) is 1.81. The molecule has 7 heteroatoms. The molecule has 1 amide bonds. The molecule has 1 saturated heterocycles. The van der Waals surface area contributed by atoms with Crippen LogP contribution in [-0.2, 0) is 23.0 Å². The molecule has 2 aromatic rings. The van der Waals surface area contributed by atoms with E-state index in [1.807, 2.05) is 39.6 Å². The number of morpholine rings is 1. The zero-order valence-corrected chi connectivity index (χ0v) is 15.5. The summed E-state index contributed by atoms with van der Waals surface area (Å²) in [6, 6.07) is 0. The number of hydrogen-bond acceptors (Lipinski definition) is 4. The van der Waals surface area contributed by atoms with Crippen molar-refractivity contribution in [2.75, 3.05) is 13.1 Å². The first-order valence-corrected chi connectivity index (χ1v) is 8.76. The van der Waals surface area contributed by atoms with Crippen LogP contribution in [0.4, 0.5) is 0 Å². The van der Waals surface area contributed by atoms with Gasteiger partial charge in [0.25, 0.3) is 5.56 Å². The first-order valence-electron chi connectivity index (χ1n) is 8.76. The number of amides is 1. The summed E-state index contributed by atoms with van der Waals surface area (Å²) >= 11 is 0. The number of aromatic amines is 1. The van der Waals surface area contributed by atoms with E-state index in [0.29, 0.717) is 31.5 Å². The van der Waals surface area contributed by atoms with Crippen LogP contribution in [0.2, 0.25) is 0 Å². The first kappa shape index (κ1) is 17.7. The molecule has 1 aliphatic heterocycles. The van der Waals surface area contributed by atoms with Crippen LogP contribution in [0.15, 0.2) is 4.79 Å². The number of fused-ring (bicyclic) bond motifs is 1. The zero-order valence-electron chi connectivity index (χ0n) is 15.5. The number of aryl methyl sites for hydroxylation is 3. The Kier molecular flexibility index (Phi) is 4.69. The summed E-state index contributed by atoms with van der Waals surface area (Å²) in [6.45, 7) is 9.04. The number of nitrogens with one attached hydrogen (secondary N) is 1. The van der Waals surface area contributed by atoms with E-state index in [0.717, 1.165) is 22.3 Å². The van der Waals surface area contributed by atoms with Gasteiger partial charge in [0.2, 0.25) is 5.91 Å². The van der Waals surface area contributed by atoms with Crippen molar-refractivity contribution in [3.8, 4) is 0 Å². The number of aromatic nitrogens is 3. The topological polar surface area (TPSA) is 80.2 Å². The van der Waals surface area contributed by atoms with E-state index < -0.39 is 0 Å². The smallest absolute Gasteiger partial charge is 0.253 e. The molecular weight excluding hydrogens is 320 g/mol. The predicted octanol–water partition coefficient (Wildman–Crippen LogP) is 1.45. The molecule has 0 spiro atoms. The highest BCUT2D eigenvalue weighted by Gasteiger charge is 2.26. The van der Waals surface area contributed by atoms with Gasteiger partial charge in [-0.3, -0.25) is 14.3 Å². The molecule has 7 nitrogen and oxygen atoms in total. The average Bonchev–Trinajstić information content (AvgIpc) is 2.80. The minimum absolute atomic E-state index is 0.0484. The molecule has 0 aromatic carbocycles. The van der Waals surface area contributed by atoms with E-state index in [1.54, 1.807) is 4.68 Å². The minimum Gasteiger partial charge on any atom is -0.372 e. The Balaban J connectivity index is 1.80. The lowest BCUT2D eigenvalue weighted by Crippen LogP contribution is -2.48. The largest absolute Gasteiger partial charge is 0.372 e. The third kappa shape index (κ3) is 3.33. The van der Waals surface area contributed by atoms with Crippen molar-refractivity contribution in [1.29, 1.82) is 0 Å². The molecule has 1 fully saturated rings. The van der Waals surface area contributed by atoms with Gasteiger partial charge in [-0.2, -0.15) is 5.10 Å². The van der Waals surface area contributed by atoms with E-state index in [4.69, 9.17) is 4.74 Å². The maximum Gasteiger partial charge on any atom is 0.253 e. The van der Waals surface area contributed by atoms with E-state index in [-0.39, 0.29) is 23.7 Å². The van der Waals surface area contributed by atoms with Gasteiger partial charge >= 0.3 is 0 Å². The van der Waals surface area contributed by atoms with E-state index in [2.05, 4.69) is 10.1 Å². The van der Waals surface area contributed by atoms with Crippen molar-refractivity contribution in [1.82, 2.24) is 19.7 Å². The van der Waals surface area contributed by atoms with E-state index >= 15 is 0 Å². The van der Waals surface area contributed by atoms with Crippen LogP contribution in [0.3, 0.4) is 0 Å². The van der Waals surface area contributed by atoms with Crippen molar-refractivity contribution in [3.05, 3.63) is 27.2 Å². The monoisotopic (exact) mass is 346 g/mol. The lowest BCUT2D eigenvalue weighted by atomic mass is 10.0. The van der Waals surface area contributed by atoms with Gasteiger partial charge in [-0.1, -0.05) is 0 Å². The third-order valence-corrected chi connectivity index (χ3v) is 4.92.